The van der Waals surface area contributed by atoms with Crippen molar-refractivity contribution in [2.24, 2.45) is 7.05 Å². The van der Waals surface area contributed by atoms with Crippen LogP contribution in [0, 0.1) is 0 Å². The molecule has 0 spiro atoms. The van der Waals surface area contributed by atoms with Gasteiger partial charge in [0.2, 0.25) is 0 Å². The van der Waals surface area contributed by atoms with E-state index in [1.165, 1.54) is 5.56 Å². The molecule has 1 N–H and O–H groups in total. The fraction of sp³-hybridized carbons (Fsp3) is 0.400. The highest BCUT2D eigenvalue weighted by Crippen LogP contribution is 2.26. The van der Waals surface area contributed by atoms with Gasteiger partial charge in [0.25, 0.3) is 0 Å². The van der Waals surface area contributed by atoms with Crippen LogP contribution in [0.15, 0.2) is 39.5 Å². The van der Waals surface area contributed by atoms with Crippen LogP contribution in [-0.2, 0) is 13.5 Å². The number of hydrogen-bond acceptors (Lipinski definition) is 2. The topological polar surface area (TPSA) is 29.9 Å². The summed E-state index contributed by atoms with van der Waals surface area (Å²) < 4.78 is 4.28. The molecule has 1 atom stereocenters. The lowest BCUT2D eigenvalue weighted by molar-refractivity contribution is 0.505. The third kappa shape index (κ3) is 4.17. The summed E-state index contributed by atoms with van der Waals surface area (Å²) in [5.41, 5.74) is 1.29. The molecule has 1 aromatic heterocycles. The largest absolute Gasteiger partial charge is 0.338 e. The number of nitrogens with one attached hydrogen (secondary N) is 1. The Labute approximate surface area is 137 Å². The first-order valence-electron chi connectivity index (χ1n) is 6.75. The molecule has 20 heavy (non-hydrogen) atoms. The van der Waals surface area contributed by atoms with Gasteiger partial charge in [-0.15, -0.1) is 0 Å². The van der Waals surface area contributed by atoms with E-state index in [1.807, 2.05) is 19.4 Å². The van der Waals surface area contributed by atoms with Gasteiger partial charge in [-0.05, 0) is 36.7 Å². The van der Waals surface area contributed by atoms with Crippen molar-refractivity contribution in [3.8, 4) is 0 Å². The molecule has 1 aromatic carbocycles. The van der Waals surface area contributed by atoms with Gasteiger partial charge >= 0.3 is 0 Å². The minimum absolute atomic E-state index is 0.338. The van der Waals surface area contributed by atoms with Gasteiger partial charge in [-0.3, -0.25) is 0 Å². The second kappa shape index (κ2) is 7.38. The quantitative estimate of drug-likeness (QED) is 0.786. The summed E-state index contributed by atoms with van der Waals surface area (Å²) in [6.45, 7) is 3.09. The first kappa shape index (κ1) is 15.7. The number of aryl methyl sites for hydroxylation is 2. The normalized spacial score (nSPS) is 12.6. The Hall–Kier alpha value is -0.650. The van der Waals surface area contributed by atoms with Crippen molar-refractivity contribution in [3.63, 3.8) is 0 Å². The van der Waals surface area contributed by atoms with Gasteiger partial charge in [0, 0.05) is 40.8 Å². The van der Waals surface area contributed by atoms with E-state index >= 15 is 0 Å². The summed E-state index contributed by atoms with van der Waals surface area (Å²) in [6.07, 6.45) is 5.84. The van der Waals surface area contributed by atoms with Crippen LogP contribution in [-0.4, -0.2) is 16.1 Å². The monoisotopic (exact) mass is 399 g/mol. The highest BCUT2D eigenvalue weighted by molar-refractivity contribution is 9.11. The fourth-order valence-corrected chi connectivity index (χ4v) is 3.65. The standard InChI is InChI=1S/C15H19Br2N3/c1-3-18-14(4-5-15-19-6-7-20(15)2)11-8-12(16)10-13(17)9-11/h6-10,14,18H,3-5H2,1-2H3. The van der Waals surface area contributed by atoms with Crippen LogP contribution in [0.25, 0.3) is 0 Å². The zero-order valence-corrected chi connectivity index (χ0v) is 14.9. The lowest BCUT2D eigenvalue weighted by Crippen LogP contribution is -2.22. The molecule has 0 bridgehead atoms. The van der Waals surface area contributed by atoms with E-state index in [9.17, 15) is 0 Å². The zero-order valence-electron chi connectivity index (χ0n) is 11.7. The van der Waals surface area contributed by atoms with Gasteiger partial charge in [-0.1, -0.05) is 38.8 Å². The molecule has 0 amide bonds. The van der Waals surface area contributed by atoms with Gasteiger partial charge in [0.15, 0.2) is 0 Å². The zero-order chi connectivity index (χ0) is 14.5. The fourth-order valence-electron chi connectivity index (χ4n) is 2.32. The van der Waals surface area contributed by atoms with Crippen LogP contribution in [0.2, 0.25) is 0 Å². The van der Waals surface area contributed by atoms with Gasteiger partial charge in [-0.2, -0.15) is 0 Å². The van der Waals surface area contributed by atoms with E-state index in [0.29, 0.717) is 6.04 Å². The average molecular weight is 401 g/mol. The van der Waals surface area contributed by atoms with Crippen LogP contribution in [0.4, 0.5) is 0 Å². The summed E-state index contributed by atoms with van der Waals surface area (Å²) in [6, 6.07) is 6.75. The molecule has 1 heterocycles. The van der Waals surface area contributed by atoms with Crippen LogP contribution >= 0.6 is 31.9 Å². The van der Waals surface area contributed by atoms with Crippen molar-refractivity contribution in [2.45, 2.75) is 25.8 Å². The van der Waals surface area contributed by atoms with Crippen molar-refractivity contribution in [1.82, 2.24) is 14.9 Å². The first-order chi connectivity index (χ1) is 9.60. The average Bonchev–Trinajstić information content (AvgIpc) is 2.79. The number of imidazole rings is 1. The van der Waals surface area contributed by atoms with E-state index in [0.717, 1.165) is 34.2 Å². The lowest BCUT2D eigenvalue weighted by atomic mass is 10.0. The smallest absolute Gasteiger partial charge is 0.108 e. The molecule has 3 nitrogen and oxygen atoms in total. The molecule has 0 aliphatic rings. The number of halogens is 2. The Morgan fingerprint density at radius 3 is 2.50 bits per heavy atom. The molecular formula is C15H19Br2N3. The minimum atomic E-state index is 0.338. The summed E-state index contributed by atoms with van der Waals surface area (Å²) in [4.78, 5) is 4.39. The van der Waals surface area contributed by atoms with E-state index < -0.39 is 0 Å². The SMILES string of the molecule is CCNC(CCc1nccn1C)c1cc(Br)cc(Br)c1. The van der Waals surface area contributed by atoms with Crippen molar-refractivity contribution >= 4 is 31.9 Å². The second-order valence-electron chi connectivity index (χ2n) is 4.81. The first-order valence-corrected chi connectivity index (χ1v) is 8.34. The Kier molecular flexibility index (Phi) is 5.81. The van der Waals surface area contributed by atoms with Crippen LogP contribution in [0.5, 0.6) is 0 Å². The molecule has 0 aliphatic heterocycles. The van der Waals surface area contributed by atoms with E-state index in [2.05, 4.69) is 71.9 Å². The molecule has 2 rings (SSSR count). The number of rotatable bonds is 6. The molecule has 0 aliphatic carbocycles. The molecule has 0 fully saturated rings. The van der Waals surface area contributed by atoms with Crippen LogP contribution < -0.4 is 5.32 Å². The van der Waals surface area contributed by atoms with Crippen molar-refractivity contribution in [3.05, 3.63) is 50.9 Å². The summed E-state index contributed by atoms with van der Waals surface area (Å²) >= 11 is 7.12. The van der Waals surface area contributed by atoms with Gasteiger partial charge < -0.3 is 9.88 Å². The highest BCUT2D eigenvalue weighted by atomic mass is 79.9. The maximum Gasteiger partial charge on any atom is 0.108 e. The van der Waals surface area contributed by atoms with E-state index in [-0.39, 0.29) is 0 Å². The summed E-state index contributed by atoms with van der Waals surface area (Å²) in [5, 5.41) is 3.56. The summed E-state index contributed by atoms with van der Waals surface area (Å²) in [7, 11) is 2.04. The van der Waals surface area contributed by atoms with Gasteiger partial charge in [0.05, 0.1) is 0 Å². The Balaban J connectivity index is 2.12. The molecule has 1 unspecified atom stereocenters. The van der Waals surface area contributed by atoms with E-state index in [1.54, 1.807) is 0 Å². The van der Waals surface area contributed by atoms with Crippen LogP contribution in [0.1, 0.15) is 30.8 Å². The molecule has 5 heteroatoms. The molecular weight excluding hydrogens is 382 g/mol. The molecule has 0 saturated heterocycles. The molecule has 2 aromatic rings. The van der Waals surface area contributed by atoms with E-state index in [4.69, 9.17) is 0 Å². The molecule has 108 valence electrons. The maximum atomic E-state index is 4.39. The predicted molar refractivity (Wildman–Crippen MR) is 89.8 cm³/mol. The third-order valence-corrected chi connectivity index (χ3v) is 4.23. The predicted octanol–water partition coefficient (Wildman–Crippen LogP) is 4.23. The summed E-state index contributed by atoms with van der Waals surface area (Å²) in [5.74, 6) is 1.13. The van der Waals surface area contributed by atoms with Gasteiger partial charge in [-0.25, -0.2) is 4.98 Å². The molecule has 0 radical (unpaired) electrons. The maximum absolute atomic E-state index is 4.39. The Morgan fingerprint density at radius 1 is 1.25 bits per heavy atom. The number of nitrogens with zero attached hydrogens (tertiary/aromatic N) is 2. The Morgan fingerprint density at radius 2 is 1.95 bits per heavy atom. The molecule has 0 saturated carbocycles. The Bertz CT molecular complexity index is 546. The van der Waals surface area contributed by atoms with Crippen molar-refractivity contribution in [1.29, 1.82) is 0 Å². The van der Waals surface area contributed by atoms with Crippen molar-refractivity contribution < 1.29 is 0 Å². The van der Waals surface area contributed by atoms with Crippen molar-refractivity contribution in [2.75, 3.05) is 6.54 Å². The second-order valence-corrected chi connectivity index (χ2v) is 6.64. The lowest BCUT2D eigenvalue weighted by Gasteiger charge is -2.19. The minimum Gasteiger partial charge on any atom is -0.338 e. The van der Waals surface area contributed by atoms with Crippen LogP contribution in [0.3, 0.4) is 0 Å². The third-order valence-electron chi connectivity index (χ3n) is 3.32. The van der Waals surface area contributed by atoms with Gasteiger partial charge in [0.1, 0.15) is 5.82 Å². The number of benzene rings is 1. The highest BCUT2D eigenvalue weighted by Gasteiger charge is 2.13. The number of aromatic nitrogens is 2. The number of hydrogen-bond donors (Lipinski definition) is 1.